The van der Waals surface area contributed by atoms with Gasteiger partial charge >= 0.3 is 0 Å². The van der Waals surface area contributed by atoms with Gasteiger partial charge in [-0.2, -0.15) is 0 Å². The van der Waals surface area contributed by atoms with E-state index in [1.54, 1.807) is 13.2 Å². The largest absolute Gasteiger partial charge is 0.325 e. The van der Waals surface area contributed by atoms with Crippen molar-refractivity contribution in [3.63, 3.8) is 0 Å². The third kappa shape index (κ3) is 4.97. The van der Waals surface area contributed by atoms with E-state index in [2.05, 4.69) is 30.0 Å². The molecule has 1 aliphatic carbocycles. The summed E-state index contributed by atoms with van der Waals surface area (Å²) in [6.45, 7) is 9.41. The second-order valence-electron chi connectivity index (χ2n) is 7.70. The summed E-state index contributed by atoms with van der Waals surface area (Å²) < 4.78 is 0. The van der Waals surface area contributed by atoms with E-state index in [0.29, 0.717) is 0 Å². The number of aromatic nitrogens is 1. The Bertz CT molecular complexity index is 936. The minimum Gasteiger partial charge on any atom is -0.325 e. The summed E-state index contributed by atoms with van der Waals surface area (Å²) in [6.07, 6.45) is 9.66. The first-order chi connectivity index (χ1) is 14.6. The van der Waals surface area contributed by atoms with E-state index in [1.165, 1.54) is 17.7 Å². The topological polar surface area (TPSA) is 63.2 Å². The Morgan fingerprint density at radius 1 is 1.23 bits per heavy atom. The fourth-order valence-corrected chi connectivity index (χ4v) is 3.80. The average Bonchev–Trinajstić information content (AvgIpc) is 2.77. The molecule has 1 aliphatic rings. The van der Waals surface area contributed by atoms with Gasteiger partial charge in [-0.25, -0.2) is 0 Å². The molecular weight excluding hydrogens is 374 g/mol. The van der Waals surface area contributed by atoms with Crippen LogP contribution in [0.5, 0.6) is 0 Å². The monoisotopic (exact) mass is 405 g/mol. The van der Waals surface area contributed by atoms with Crippen LogP contribution in [0.25, 0.3) is 11.1 Å². The standard InChI is InChI=1S/C25H31N3O2/c1-5-7-10-18-15-22(20-11-8-9-12-23(20)26-18)21-14-13-19(28-30-4)16-24(21)27-25(29)17(3)6-2/h5-6,13-17,28H,1-2,7-12H2,3-4H3,(H,27,29)/t17-/m1/s1. The molecule has 1 aromatic carbocycles. The minimum atomic E-state index is -0.286. The number of nitrogens with zero attached hydrogens (tertiary/aromatic N) is 1. The number of hydrogen-bond acceptors (Lipinski definition) is 4. The van der Waals surface area contributed by atoms with Crippen molar-refractivity contribution in [2.45, 2.75) is 45.4 Å². The highest BCUT2D eigenvalue weighted by atomic mass is 16.6. The second-order valence-corrected chi connectivity index (χ2v) is 7.70. The molecular formula is C25H31N3O2. The number of carbonyl (C=O) groups is 1. The van der Waals surface area contributed by atoms with Crippen LogP contribution in [0.3, 0.4) is 0 Å². The van der Waals surface area contributed by atoms with Crippen molar-refractivity contribution in [1.82, 2.24) is 4.98 Å². The summed E-state index contributed by atoms with van der Waals surface area (Å²) >= 11 is 0. The van der Waals surface area contributed by atoms with Crippen LogP contribution in [0.4, 0.5) is 11.4 Å². The van der Waals surface area contributed by atoms with Crippen molar-refractivity contribution in [1.29, 1.82) is 0 Å². The maximum atomic E-state index is 12.6. The Labute approximate surface area is 179 Å². The molecule has 0 bridgehead atoms. The zero-order valence-electron chi connectivity index (χ0n) is 18.0. The quantitative estimate of drug-likeness (QED) is 0.428. The van der Waals surface area contributed by atoms with Crippen LogP contribution < -0.4 is 10.8 Å². The number of allylic oxidation sites excluding steroid dienone is 1. The molecule has 2 N–H and O–H groups in total. The minimum absolute atomic E-state index is 0.0874. The van der Waals surface area contributed by atoms with Crippen LogP contribution in [0.15, 0.2) is 49.6 Å². The number of hydrogen-bond donors (Lipinski definition) is 2. The first-order valence-corrected chi connectivity index (χ1v) is 10.6. The van der Waals surface area contributed by atoms with Crippen molar-refractivity contribution in [3.05, 3.63) is 66.5 Å². The van der Waals surface area contributed by atoms with Gasteiger partial charge in [-0.15, -0.1) is 13.2 Å². The van der Waals surface area contributed by atoms with Crippen molar-refractivity contribution in [2.75, 3.05) is 17.9 Å². The molecule has 2 aromatic rings. The van der Waals surface area contributed by atoms with Gasteiger partial charge in [-0.05, 0) is 67.9 Å². The first-order valence-electron chi connectivity index (χ1n) is 10.6. The smallest absolute Gasteiger partial charge is 0.231 e. The Hall–Kier alpha value is -2.92. The van der Waals surface area contributed by atoms with Gasteiger partial charge in [0.25, 0.3) is 0 Å². The predicted octanol–water partition coefficient (Wildman–Crippen LogP) is 5.48. The van der Waals surface area contributed by atoms with Crippen LogP contribution in [-0.4, -0.2) is 18.0 Å². The van der Waals surface area contributed by atoms with E-state index in [4.69, 9.17) is 9.82 Å². The maximum Gasteiger partial charge on any atom is 0.231 e. The van der Waals surface area contributed by atoms with Crippen LogP contribution in [0.1, 0.15) is 43.1 Å². The van der Waals surface area contributed by atoms with E-state index in [0.717, 1.165) is 60.3 Å². The molecule has 3 rings (SSSR count). The number of amides is 1. The lowest BCUT2D eigenvalue weighted by Crippen LogP contribution is -2.19. The molecule has 1 aromatic heterocycles. The predicted molar refractivity (Wildman–Crippen MR) is 123 cm³/mol. The normalized spacial score (nSPS) is 13.8. The molecule has 0 radical (unpaired) electrons. The number of fused-ring (bicyclic) bond motifs is 1. The van der Waals surface area contributed by atoms with E-state index in [1.807, 2.05) is 31.2 Å². The summed E-state index contributed by atoms with van der Waals surface area (Å²) in [6, 6.07) is 8.09. The molecule has 1 atom stereocenters. The molecule has 158 valence electrons. The van der Waals surface area contributed by atoms with Crippen molar-refractivity contribution in [3.8, 4) is 11.1 Å². The van der Waals surface area contributed by atoms with E-state index >= 15 is 0 Å². The highest BCUT2D eigenvalue weighted by molar-refractivity contribution is 5.98. The zero-order valence-corrected chi connectivity index (χ0v) is 18.0. The molecule has 1 amide bonds. The highest BCUT2D eigenvalue weighted by Crippen LogP contribution is 2.37. The van der Waals surface area contributed by atoms with Gasteiger partial charge in [-0.3, -0.25) is 20.1 Å². The van der Waals surface area contributed by atoms with Crippen molar-refractivity contribution < 1.29 is 9.63 Å². The molecule has 0 fully saturated rings. The van der Waals surface area contributed by atoms with Gasteiger partial charge in [0, 0.05) is 17.0 Å². The number of pyridine rings is 1. The molecule has 0 spiro atoms. The third-order valence-electron chi connectivity index (χ3n) is 5.51. The second kappa shape index (κ2) is 10.2. The Kier molecular flexibility index (Phi) is 7.41. The van der Waals surface area contributed by atoms with Crippen LogP contribution in [0, 0.1) is 5.92 Å². The highest BCUT2D eigenvalue weighted by Gasteiger charge is 2.20. The van der Waals surface area contributed by atoms with E-state index in [-0.39, 0.29) is 11.8 Å². The number of nitrogens with one attached hydrogen (secondary N) is 2. The molecule has 0 saturated carbocycles. The SMILES string of the molecule is C=CCCc1cc(-c2ccc(NOC)cc2NC(=O)[C@H](C)C=C)c2c(n1)CCCC2. The van der Waals surface area contributed by atoms with Crippen LogP contribution in [0.2, 0.25) is 0 Å². The summed E-state index contributed by atoms with van der Waals surface area (Å²) in [5.74, 6) is -0.373. The maximum absolute atomic E-state index is 12.6. The third-order valence-corrected chi connectivity index (χ3v) is 5.51. The molecule has 5 nitrogen and oxygen atoms in total. The fraction of sp³-hybridized carbons (Fsp3) is 0.360. The summed E-state index contributed by atoms with van der Waals surface area (Å²) in [5.41, 5.74) is 10.1. The zero-order chi connectivity index (χ0) is 21.5. The molecule has 0 aliphatic heterocycles. The van der Waals surface area contributed by atoms with Gasteiger partial charge in [0.2, 0.25) is 5.91 Å². The van der Waals surface area contributed by atoms with Crippen molar-refractivity contribution in [2.24, 2.45) is 5.92 Å². The number of rotatable bonds is 9. The van der Waals surface area contributed by atoms with E-state index in [9.17, 15) is 4.79 Å². The van der Waals surface area contributed by atoms with E-state index < -0.39 is 0 Å². The number of aryl methyl sites for hydroxylation is 2. The number of anilines is 2. The van der Waals surface area contributed by atoms with Gasteiger partial charge in [0.15, 0.2) is 0 Å². The lowest BCUT2D eigenvalue weighted by molar-refractivity contribution is -0.118. The first kappa shape index (κ1) is 21.8. The molecule has 0 unspecified atom stereocenters. The fourth-order valence-electron chi connectivity index (χ4n) is 3.80. The number of carbonyl (C=O) groups excluding carboxylic acids is 1. The van der Waals surface area contributed by atoms with Crippen molar-refractivity contribution >= 4 is 17.3 Å². The Balaban J connectivity index is 2.11. The molecule has 30 heavy (non-hydrogen) atoms. The Morgan fingerprint density at radius 3 is 2.77 bits per heavy atom. The number of benzene rings is 1. The summed E-state index contributed by atoms with van der Waals surface area (Å²) in [7, 11) is 1.57. The lowest BCUT2D eigenvalue weighted by atomic mass is 9.87. The lowest BCUT2D eigenvalue weighted by Gasteiger charge is -2.22. The molecule has 0 saturated heterocycles. The van der Waals surface area contributed by atoms with Gasteiger partial charge < -0.3 is 5.32 Å². The van der Waals surface area contributed by atoms with Crippen LogP contribution >= 0.6 is 0 Å². The van der Waals surface area contributed by atoms with Gasteiger partial charge in [0.05, 0.1) is 24.4 Å². The Morgan fingerprint density at radius 2 is 2.03 bits per heavy atom. The molecule has 1 heterocycles. The average molecular weight is 406 g/mol. The summed E-state index contributed by atoms with van der Waals surface area (Å²) in [4.78, 5) is 22.6. The molecule has 5 heteroatoms. The summed E-state index contributed by atoms with van der Waals surface area (Å²) in [5, 5.41) is 3.09. The van der Waals surface area contributed by atoms with Gasteiger partial charge in [0.1, 0.15) is 0 Å². The van der Waals surface area contributed by atoms with Gasteiger partial charge in [-0.1, -0.05) is 25.1 Å². The van der Waals surface area contributed by atoms with Crippen LogP contribution in [-0.2, 0) is 28.9 Å².